The van der Waals surface area contributed by atoms with Crippen molar-refractivity contribution in [3.05, 3.63) is 81.6 Å². The minimum atomic E-state index is -0.400. The van der Waals surface area contributed by atoms with Crippen LogP contribution in [0.15, 0.2) is 55.1 Å². The summed E-state index contributed by atoms with van der Waals surface area (Å²) in [5, 5.41) is 0.744. The molecule has 1 aromatic heterocycles. The fourth-order valence-corrected chi connectivity index (χ4v) is 5.29. The molecule has 1 heterocycles. The number of thioether (sulfide) groups is 1. The number of aromatic nitrogens is 2. The van der Waals surface area contributed by atoms with E-state index in [9.17, 15) is 9.18 Å². The zero-order valence-corrected chi connectivity index (χ0v) is 17.9. The highest BCUT2D eigenvalue weighted by atomic mass is 35.5. The molecule has 0 aliphatic carbocycles. The SMILES string of the molecule is O=C(SOc1ccc(F)cc1)SC(Cn1ccnc1)c1c(Cl)cc(Cl)cc1Cl. The summed E-state index contributed by atoms with van der Waals surface area (Å²) in [5.41, 5.74) is 0.599. The number of benzene rings is 2. The molecular weight excluding hydrogens is 466 g/mol. The molecule has 0 aliphatic heterocycles. The van der Waals surface area contributed by atoms with Gasteiger partial charge < -0.3 is 8.75 Å². The van der Waals surface area contributed by atoms with Crippen molar-refractivity contribution in [2.75, 3.05) is 0 Å². The molecule has 10 heteroatoms. The monoisotopic (exact) mass is 476 g/mol. The Hall–Kier alpha value is -1.38. The maximum absolute atomic E-state index is 13.0. The van der Waals surface area contributed by atoms with Crippen LogP contribution in [0.2, 0.25) is 15.1 Å². The van der Waals surface area contributed by atoms with E-state index in [1.165, 1.54) is 24.3 Å². The van der Waals surface area contributed by atoms with Gasteiger partial charge in [-0.15, -0.1) is 0 Å². The Morgan fingerprint density at radius 2 is 1.86 bits per heavy atom. The predicted molar refractivity (Wildman–Crippen MR) is 114 cm³/mol. The van der Waals surface area contributed by atoms with Gasteiger partial charge in [-0.25, -0.2) is 9.37 Å². The van der Waals surface area contributed by atoms with Crippen LogP contribution in [0.5, 0.6) is 5.75 Å². The fourth-order valence-electron chi connectivity index (χ4n) is 2.34. The van der Waals surface area contributed by atoms with Gasteiger partial charge in [-0.2, -0.15) is 0 Å². The summed E-state index contributed by atoms with van der Waals surface area (Å²) in [4.78, 5) is 16.5. The molecule has 0 N–H and O–H groups in total. The largest absolute Gasteiger partial charge is 0.417 e. The molecule has 0 bridgehead atoms. The Balaban J connectivity index is 1.75. The molecule has 0 aliphatic rings. The molecule has 146 valence electrons. The van der Waals surface area contributed by atoms with Crippen molar-refractivity contribution in [1.82, 2.24) is 9.55 Å². The van der Waals surface area contributed by atoms with Gasteiger partial charge in [0.15, 0.2) is 0 Å². The van der Waals surface area contributed by atoms with E-state index in [0.717, 1.165) is 11.8 Å². The number of nitrogens with zero attached hydrogens (tertiary/aromatic N) is 2. The molecule has 0 amide bonds. The average molecular weight is 478 g/mol. The third-order valence-electron chi connectivity index (χ3n) is 3.56. The van der Waals surface area contributed by atoms with Gasteiger partial charge in [0.2, 0.25) is 0 Å². The van der Waals surface area contributed by atoms with Crippen molar-refractivity contribution < 1.29 is 13.4 Å². The second kappa shape index (κ2) is 9.89. The van der Waals surface area contributed by atoms with E-state index in [1.54, 1.807) is 30.9 Å². The summed E-state index contributed by atoms with van der Waals surface area (Å²) in [5.74, 6) is -0.0143. The van der Waals surface area contributed by atoms with Crippen molar-refractivity contribution in [2.24, 2.45) is 0 Å². The molecule has 4 nitrogen and oxygen atoms in total. The lowest BCUT2D eigenvalue weighted by Crippen LogP contribution is -2.08. The summed E-state index contributed by atoms with van der Waals surface area (Å²) in [6, 6.07) is 8.55. The number of rotatable bonds is 6. The highest BCUT2D eigenvalue weighted by Gasteiger charge is 2.24. The first-order valence-corrected chi connectivity index (χ1v) is 10.6. The Morgan fingerprint density at radius 3 is 2.46 bits per heavy atom. The normalized spacial score (nSPS) is 12.0. The van der Waals surface area contributed by atoms with Gasteiger partial charge in [0, 0.05) is 39.6 Å². The lowest BCUT2D eigenvalue weighted by molar-refractivity contribution is 0.275. The molecule has 1 unspecified atom stereocenters. The molecule has 0 saturated heterocycles. The van der Waals surface area contributed by atoms with Crippen LogP contribution < -0.4 is 4.18 Å². The number of hydrogen-bond donors (Lipinski definition) is 0. The summed E-state index contributed by atoms with van der Waals surface area (Å²) in [6.45, 7) is 0.411. The lowest BCUT2D eigenvalue weighted by atomic mass is 10.1. The maximum atomic E-state index is 13.0. The zero-order valence-electron chi connectivity index (χ0n) is 14.0. The standard InChI is InChI=1S/C18H12Cl3FN2O2S2/c19-11-7-14(20)17(15(21)8-11)16(9-24-6-5-23-10-24)27-18(25)28-26-13-3-1-12(22)2-4-13/h1-8,10,16H,9H2. The first-order valence-electron chi connectivity index (χ1n) is 7.83. The Morgan fingerprint density at radius 1 is 1.18 bits per heavy atom. The molecule has 0 spiro atoms. The third kappa shape index (κ3) is 5.81. The van der Waals surface area contributed by atoms with Crippen LogP contribution in [-0.4, -0.2) is 14.0 Å². The van der Waals surface area contributed by atoms with E-state index in [4.69, 9.17) is 39.0 Å². The zero-order chi connectivity index (χ0) is 20.1. The van der Waals surface area contributed by atoms with Crippen LogP contribution in [0.25, 0.3) is 0 Å². The summed E-state index contributed by atoms with van der Waals surface area (Å²) >= 11 is 20.4. The van der Waals surface area contributed by atoms with Gasteiger partial charge >= 0.3 is 0 Å². The van der Waals surface area contributed by atoms with Gasteiger partial charge in [0.25, 0.3) is 4.45 Å². The molecule has 0 saturated carbocycles. The first-order chi connectivity index (χ1) is 13.4. The molecule has 2 aromatic carbocycles. The molecular formula is C18H12Cl3FN2O2S2. The summed E-state index contributed by atoms with van der Waals surface area (Å²) in [6.07, 6.45) is 5.05. The molecule has 28 heavy (non-hydrogen) atoms. The van der Waals surface area contributed by atoms with Crippen molar-refractivity contribution in [3.8, 4) is 5.75 Å². The van der Waals surface area contributed by atoms with Crippen LogP contribution in [0.1, 0.15) is 10.8 Å². The van der Waals surface area contributed by atoms with Gasteiger partial charge in [0.1, 0.15) is 23.6 Å². The predicted octanol–water partition coefficient (Wildman–Crippen LogP) is 7.30. The molecule has 3 rings (SSSR count). The highest BCUT2D eigenvalue weighted by Crippen LogP contribution is 2.43. The Bertz CT molecular complexity index is 933. The number of hydrogen-bond acceptors (Lipinski definition) is 5. The number of halogens is 4. The molecule has 1 atom stereocenters. The van der Waals surface area contributed by atoms with Gasteiger partial charge in [-0.3, -0.25) is 4.79 Å². The van der Waals surface area contributed by atoms with Crippen molar-refractivity contribution in [2.45, 2.75) is 11.8 Å². The van der Waals surface area contributed by atoms with Crippen LogP contribution >= 0.6 is 58.6 Å². The summed E-state index contributed by atoms with van der Waals surface area (Å²) in [7, 11) is 0. The number of carbonyl (C=O) groups is 1. The van der Waals surface area contributed by atoms with Crippen LogP contribution in [-0.2, 0) is 6.54 Å². The maximum Gasteiger partial charge on any atom is 0.285 e. The van der Waals surface area contributed by atoms with Crippen molar-refractivity contribution >= 4 is 63.1 Å². The first kappa shape index (κ1) is 21.3. The van der Waals surface area contributed by atoms with E-state index in [0.29, 0.717) is 45.0 Å². The molecule has 0 fully saturated rings. The fraction of sp³-hybridized carbons (Fsp3) is 0.111. The van der Waals surface area contributed by atoms with Gasteiger partial charge in [-0.05, 0) is 36.4 Å². The Kier molecular flexibility index (Phi) is 7.54. The van der Waals surface area contributed by atoms with Crippen molar-refractivity contribution in [3.63, 3.8) is 0 Å². The van der Waals surface area contributed by atoms with Crippen LogP contribution in [0.4, 0.5) is 9.18 Å². The van der Waals surface area contributed by atoms with Gasteiger partial charge in [0.05, 0.1) is 11.6 Å². The van der Waals surface area contributed by atoms with Crippen LogP contribution in [0, 0.1) is 5.82 Å². The summed E-state index contributed by atoms with van der Waals surface area (Å²) < 4.78 is 19.8. The van der Waals surface area contributed by atoms with E-state index < -0.39 is 5.25 Å². The third-order valence-corrected chi connectivity index (χ3v) is 6.17. The second-order valence-electron chi connectivity index (χ2n) is 5.52. The quantitative estimate of drug-likeness (QED) is 0.348. The molecule has 3 aromatic rings. The second-order valence-corrected chi connectivity index (χ2v) is 8.91. The smallest absolute Gasteiger partial charge is 0.285 e. The van der Waals surface area contributed by atoms with Crippen molar-refractivity contribution in [1.29, 1.82) is 0 Å². The number of carbonyl (C=O) groups excluding carboxylic acids is 1. The minimum Gasteiger partial charge on any atom is -0.417 e. The van der Waals surface area contributed by atoms with E-state index in [-0.39, 0.29) is 10.3 Å². The minimum absolute atomic E-state index is 0.309. The lowest BCUT2D eigenvalue weighted by Gasteiger charge is -2.19. The number of imidazole rings is 1. The van der Waals surface area contributed by atoms with Gasteiger partial charge in [-0.1, -0.05) is 46.6 Å². The van der Waals surface area contributed by atoms with E-state index >= 15 is 0 Å². The van der Waals surface area contributed by atoms with Crippen LogP contribution in [0.3, 0.4) is 0 Å². The van der Waals surface area contributed by atoms with E-state index in [2.05, 4.69) is 4.98 Å². The topological polar surface area (TPSA) is 44.1 Å². The molecule has 0 radical (unpaired) electrons. The average Bonchev–Trinajstić information content (AvgIpc) is 3.13. The Labute approximate surface area is 184 Å². The van der Waals surface area contributed by atoms with E-state index in [1.807, 2.05) is 4.57 Å². The highest BCUT2D eigenvalue weighted by molar-refractivity contribution is 8.37.